The lowest BCUT2D eigenvalue weighted by Crippen LogP contribution is -2.44. The number of furan rings is 1. The van der Waals surface area contributed by atoms with E-state index in [0.717, 1.165) is 5.56 Å². The maximum atomic E-state index is 12.5. The van der Waals surface area contributed by atoms with E-state index in [1.54, 1.807) is 39.0 Å². The number of carbonyl (C=O) groups excluding carboxylic acids is 1. The molecule has 1 aliphatic rings. The molecule has 1 aromatic heterocycles. The average molecular weight is 359 g/mol. The van der Waals surface area contributed by atoms with Crippen LogP contribution in [0.15, 0.2) is 28.7 Å². The molecule has 0 unspecified atom stereocenters. The quantitative estimate of drug-likeness (QED) is 0.852. The van der Waals surface area contributed by atoms with Gasteiger partial charge in [-0.15, -0.1) is 0 Å². The number of nitrogens with one attached hydrogen (secondary N) is 1. The first-order valence-corrected chi connectivity index (χ1v) is 8.41. The lowest BCUT2D eigenvalue weighted by atomic mass is 10.0. The molecule has 0 saturated carbocycles. The van der Waals surface area contributed by atoms with E-state index < -0.39 is 17.9 Å². The minimum Gasteiger partial charge on any atom is -0.486 e. The number of ether oxygens (including phenoxy) is 2. The molecule has 2 N–H and O–H groups in total. The van der Waals surface area contributed by atoms with Crippen LogP contribution in [0.2, 0.25) is 0 Å². The van der Waals surface area contributed by atoms with Crippen LogP contribution < -0.4 is 14.8 Å². The molecule has 2 heterocycles. The SMILES string of the molecule is Cc1oc(-c2ccc3c(c2)OCCO3)cc1C(=O)N[C@@H](C(=O)O)C(C)C. The third-order valence-electron chi connectivity index (χ3n) is 4.21. The zero-order chi connectivity index (χ0) is 18.8. The molecule has 0 bridgehead atoms. The second-order valence-corrected chi connectivity index (χ2v) is 6.47. The summed E-state index contributed by atoms with van der Waals surface area (Å²) in [5.41, 5.74) is 1.05. The molecule has 1 aliphatic heterocycles. The van der Waals surface area contributed by atoms with Gasteiger partial charge in [0.2, 0.25) is 0 Å². The molecule has 1 aromatic carbocycles. The Morgan fingerprint density at radius 3 is 2.46 bits per heavy atom. The second kappa shape index (κ2) is 7.11. The third-order valence-corrected chi connectivity index (χ3v) is 4.21. The molecule has 0 saturated heterocycles. The molecule has 1 amide bonds. The molecule has 0 fully saturated rings. The Hall–Kier alpha value is -2.96. The molecule has 0 radical (unpaired) electrons. The predicted octanol–water partition coefficient (Wildman–Crippen LogP) is 2.87. The van der Waals surface area contributed by atoms with Gasteiger partial charge in [-0.05, 0) is 37.1 Å². The minimum absolute atomic E-state index is 0.235. The zero-order valence-electron chi connectivity index (χ0n) is 14.9. The van der Waals surface area contributed by atoms with Crippen LogP contribution >= 0.6 is 0 Å². The number of hydrogen-bond donors (Lipinski definition) is 2. The lowest BCUT2D eigenvalue weighted by Gasteiger charge is -2.18. The number of rotatable bonds is 5. The zero-order valence-corrected chi connectivity index (χ0v) is 14.9. The van der Waals surface area contributed by atoms with Crippen LogP contribution in [0.5, 0.6) is 11.5 Å². The molecule has 7 nitrogen and oxygen atoms in total. The van der Waals surface area contributed by atoms with E-state index in [2.05, 4.69) is 5.32 Å². The Bertz CT molecular complexity index is 839. The average Bonchev–Trinajstić information content (AvgIpc) is 3.00. The van der Waals surface area contributed by atoms with E-state index in [0.29, 0.717) is 41.8 Å². The maximum absolute atomic E-state index is 12.5. The molecule has 0 spiro atoms. The molecule has 1 atom stereocenters. The van der Waals surface area contributed by atoms with Crippen molar-refractivity contribution in [2.24, 2.45) is 5.92 Å². The van der Waals surface area contributed by atoms with Gasteiger partial charge in [-0.1, -0.05) is 13.8 Å². The lowest BCUT2D eigenvalue weighted by molar-refractivity contribution is -0.140. The number of aryl methyl sites for hydroxylation is 1. The highest BCUT2D eigenvalue weighted by atomic mass is 16.6. The number of benzene rings is 1. The van der Waals surface area contributed by atoms with E-state index >= 15 is 0 Å². The summed E-state index contributed by atoms with van der Waals surface area (Å²) >= 11 is 0. The normalized spacial score (nSPS) is 14.2. The Morgan fingerprint density at radius 2 is 1.81 bits per heavy atom. The van der Waals surface area contributed by atoms with Crippen molar-refractivity contribution in [3.63, 3.8) is 0 Å². The molecule has 3 rings (SSSR count). The summed E-state index contributed by atoms with van der Waals surface area (Å²) in [6, 6.07) is 6.05. The summed E-state index contributed by atoms with van der Waals surface area (Å²) in [4.78, 5) is 23.8. The summed E-state index contributed by atoms with van der Waals surface area (Å²) in [5.74, 6) is 0.432. The largest absolute Gasteiger partial charge is 0.486 e. The molecule has 7 heteroatoms. The fraction of sp³-hybridized carbons (Fsp3) is 0.368. The van der Waals surface area contributed by atoms with Crippen molar-refractivity contribution in [3.8, 4) is 22.8 Å². The number of amides is 1. The third kappa shape index (κ3) is 3.51. The number of hydrogen-bond acceptors (Lipinski definition) is 5. The van der Waals surface area contributed by atoms with E-state index in [1.165, 1.54) is 0 Å². The number of aliphatic carboxylic acids is 1. The molecule has 138 valence electrons. The van der Waals surface area contributed by atoms with Crippen LogP contribution in [0.4, 0.5) is 0 Å². The minimum atomic E-state index is -1.07. The summed E-state index contributed by atoms with van der Waals surface area (Å²) in [7, 11) is 0. The predicted molar refractivity (Wildman–Crippen MR) is 93.6 cm³/mol. The van der Waals surface area contributed by atoms with Gasteiger partial charge in [-0.3, -0.25) is 4.79 Å². The van der Waals surface area contributed by atoms with Crippen LogP contribution in [0.3, 0.4) is 0 Å². The highest BCUT2D eigenvalue weighted by Gasteiger charge is 2.26. The Labute approximate surface area is 150 Å². The van der Waals surface area contributed by atoms with Crippen LogP contribution in [-0.2, 0) is 4.79 Å². The standard InChI is InChI=1S/C19H21NO6/c1-10(2)17(19(22)23)20-18(21)13-9-15(26-11(13)3)12-4-5-14-16(8-12)25-7-6-24-14/h4-5,8-10,17H,6-7H2,1-3H3,(H,20,21)(H,22,23)/t17-/m1/s1. The first-order valence-electron chi connectivity index (χ1n) is 8.41. The summed E-state index contributed by atoms with van der Waals surface area (Å²) < 4.78 is 16.8. The van der Waals surface area contributed by atoms with Gasteiger partial charge in [0.1, 0.15) is 30.8 Å². The molecule has 2 aromatic rings. The van der Waals surface area contributed by atoms with Gasteiger partial charge < -0.3 is 24.3 Å². The molecule has 0 aliphatic carbocycles. The van der Waals surface area contributed by atoms with Crippen LogP contribution in [0, 0.1) is 12.8 Å². The summed E-state index contributed by atoms with van der Waals surface area (Å²) in [6.45, 7) is 6.13. The van der Waals surface area contributed by atoms with Crippen LogP contribution in [0.25, 0.3) is 11.3 Å². The Balaban J connectivity index is 1.85. The fourth-order valence-corrected chi connectivity index (χ4v) is 2.78. The topological polar surface area (TPSA) is 98.0 Å². The highest BCUT2D eigenvalue weighted by molar-refractivity contribution is 5.98. The fourth-order valence-electron chi connectivity index (χ4n) is 2.78. The van der Waals surface area contributed by atoms with Gasteiger partial charge in [0.05, 0.1) is 5.56 Å². The van der Waals surface area contributed by atoms with Crippen molar-refractivity contribution in [2.75, 3.05) is 13.2 Å². The monoisotopic (exact) mass is 359 g/mol. The number of fused-ring (bicyclic) bond motifs is 1. The van der Waals surface area contributed by atoms with Crippen molar-refractivity contribution in [3.05, 3.63) is 35.6 Å². The molecular weight excluding hydrogens is 338 g/mol. The van der Waals surface area contributed by atoms with E-state index in [-0.39, 0.29) is 5.92 Å². The maximum Gasteiger partial charge on any atom is 0.326 e. The van der Waals surface area contributed by atoms with Gasteiger partial charge >= 0.3 is 5.97 Å². The number of carbonyl (C=O) groups is 2. The van der Waals surface area contributed by atoms with E-state index in [1.807, 2.05) is 6.07 Å². The van der Waals surface area contributed by atoms with Crippen molar-refractivity contribution in [1.82, 2.24) is 5.32 Å². The number of carboxylic acid groups (broad SMARTS) is 1. The Morgan fingerprint density at radius 1 is 1.12 bits per heavy atom. The van der Waals surface area contributed by atoms with Gasteiger partial charge in [-0.2, -0.15) is 0 Å². The van der Waals surface area contributed by atoms with Crippen LogP contribution in [0.1, 0.15) is 30.0 Å². The first kappa shape index (κ1) is 17.8. The van der Waals surface area contributed by atoms with E-state index in [4.69, 9.17) is 13.9 Å². The summed E-state index contributed by atoms with van der Waals surface area (Å²) in [5, 5.41) is 11.8. The second-order valence-electron chi connectivity index (χ2n) is 6.47. The van der Waals surface area contributed by atoms with Gasteiger partial charge in [-0.25, -0.2) is 4.79 Å². The highest BCUT2D eigenvalue weighted by Crippen LogP contribution is 2.35. The number of carboxylic acids is 1. The summed E-state index contributed by atoms with van der Waals surface area (Å²) in [6.07, 6.45) is 0. The van der Waals surface area contributed by atoms with Gasteiger partial charge in [0, 0.05) is 5.56 Å². The molecule has 26 heavy (non-hydrogen) atoms. The molecular formula is C19H21NO6. The van der Waals surface area contributed by atoms with Crippen molar-refractivity contribution < 1.29 is 28.6 Å². The van der Waals surface area contributed by atoms with Gasteiger partial charge in [0.15, 0.2) is 11.5 Å². The van der Waals surface area contributed by atoms with Crippen molar-refractivity contribution >= 4 is 11.9 Å². The van der Waals surface area contributed by atoms with Crippen molar-refractivity contribution in [1.29, 1.82) is 0 Å². The van der Waals surface area contributed by atoms with Gasteiger partial charge in [0.25, 0.3) is 5.91 Å². The van der Waals surface area contributed by atoms with E-state index in [9.17, 15) is 14.7 Å². The van der Waals surface area contributed by atoms with Crippen molar-refractivity contribution in [2.45, 2.75) is 26.8 Å². The Kier molecular flexibility index (Phi) is 4.88. The van der Waals surface area contributed by atoms with Crippen LogP contribution in [-0.4, -0.2) is 36.2 Å². The smallest absolute Gasteiger partial charge is 0.326 e. The first-order chi connectivity index (χ1) is 12.4.